The molecule has 0 saturated heterocycles. The van der Waals surface area contributed by atoms with E-state index in [1.54, 1.807) is 0 Å². The van der Waals surface area contributed by atoms with E-state index >= 15 is 0 Å². The summed E-state index contributed by atoms with van der Waals surface area (Å²) >= 11 is 3.61. The van der Waals surface area contributed by atoms with Gasteiger partial charge in [-0.25, -0.2) is 0 Å². The Morgan fingerprint density at radius 3 is 2.61 bits per heavy atom. The van der Waals surface area contributed by atoms with E-state index in [-0.39, 0.29) is 0 Å². The summed E-state index contributed by atoms with van der Waals surface area (Å²) in [6.45, 7) is 8.85. The molecule has 0 fully saturated rings. The molecular weight excluding hydrogens is 288 g/mol. The monoisotopic (exact) mass is 312 g/mol. The lowest BCUT2D eigenvalue weighted by atomic mass is 10.1. The van der Waals surface area contributed by atoms with Crippen LogP contribution >= 0.6 is 15.9 Å². The average molecular weight is 313 g/mol. The van der Waals surface area contributed by atoms with Crippen LogP contribution in [0.5, 0.6) is 0 Å². The van der Waals surface area contributed by atoms with Crippen molar-refractivity contribution >= 4 is 21.6 Å². The molecule has 0 saturated carbocycles. The van der Waals surface area contributed by atoms with Gasteiger partial charge in [-0.05, 0) is 38.4 Å². The lowest BCUT2D eigenvalue weighted by Gasteiger charge is -2.29. The molecule has 2 nitrogen and oxygen atoms in total. The second-order valence-corrected chi connectivity index (χ2v) is 5.74. The fourth-order valence-electron chi connectivity index (χ4n) is 2.02. The normalized spacial score (nSPS) is 12.9. The van der Waals surface area contributed by atoms with Gasteiger partial charge >= 0.3 is 0 Å². The van der Waals surface area contributed by atoms with Crippen molar-refractivity contribution in [3.05, 3.63) is 28.2 Å². The van der Waals surface area contributed by atoms with Crippen LogP contribution in [0, 0.1) is 0 Å². The van der Waals surface area contributed by atoms with E-state index in [0.29, 0.717) is 6.04 Å². The lowest BCUT2D eigenvalue weighted by molar-refractivity contribution is 0.192. The molecule has 1 rings (SSSR count). The average Bonchev–Trinajstić information content (AvgIpc) is 2.36. The van der Waals surface area contributed by atoms with Gasteiger partial charge in [0.2, 0.25) is 0 Å². The maximum absolute atomic E-state index is 6.08. The summed E-state index contributed by atoms with van der Waals surface area (Å²) in [5.74, 6) is 0. The smallest absolute Gasteiger partial charge is 0.0371 e. The van der Waals surface area contributed by atoms with Gasteiger partial charge in [0.1, 0.15) is 0 Å². The fraction of sp³-hybridized carbons (Fsp3) is 0.600. The molecule has 1 atom stereocenters. The Kier molecular flexibility index (Phi) is 6.72. The van der Waals surface area contributed by atoms with Crippen molar-refractivity contribution < 1.29 is 0 Å². The SMILES string of the molecule is CCCCN(Cc1c(N)cccc1Br)C(C)CC. The largest absolute Gasteiger partial charge is 0.398 e. The zero-order chi connectivity index (χ0) is 13.5. The predicted molar refractivity (Wildman–Crippen MR) is 83.6 cm³/mol. The summed E-state index contributed by atoms with van der Waals surface area (Å²) in [4.78, 5) is 2.53. The fourth-order valence-corrected chi connectivity index (χ4v) is 2.53. The molecule has 0 heterocycles. The first kappa shape index (κ1) is 15.5. The highest BCUT2D eigenvalue weighted by molar-refractivity contribution is 9.10. The maximum Gasteiger partial charge on any atom is 0.0371 e. The van der Waals surface area contributed by atoms with E-state index in [4.69, 9.17) is 5.73 Å². The number of rotatable bonds is 7. The predicted octanol–water partition coefficient (Wildman–Crippen LogP) is 4.43. The molecule has 1 aromatic carbocycles. The number of nitrogens with two attached hydrogens (primary N) is 1. The highest BCUT2D eigenvalue weighted by Gasteiger charge is 2.15. The number of anilines is 1. The Balaban J connectivity index is 2.81. The number of nitrogen functional groups attached to an aromatic ring is 1. The van der Waals surface area contributed by atoms with E-state index < -0.39 is 0 Å². The van der Waals surface area contributed by atoms with Crippen LogP contribution in [-0.4, -0.2) is 17.5 Å². The van der Waals surface area contributed by atoms with Crippen molar-refractivity contribution in [1.29, 1.82) is 0 Å². The van der Waals surface area contributed by atoms with E-state index in [1.807, 2.05) is 12.1 Å². The summed E-state index contributed by atoms with van der Waals surface area (Å²) in [6, 6.07) is 6.64. The highest BCUT2D eigenvalue weighted by atomic mass is 79.9. The number of hydrogen-bond acceptors (Lipinski definition) is 2. The molecule has 1 unspecified atom stereocenters. The third-order valence-electron chi connectivity index (χ3n) is 3.53. The van der Waals surface area contributed by atoms with Gasteiger partial charge in [0, 0.05) is 28.3 Å². The quantitative estimate of drug-likeness (QED) is 0.754. The zero-order valence-electron chi connectivity index (χ0n) is 11.7. The molecule has 0 aliphatic heterocycles. The van der Waals surface area contributed by atoms with Crippen molar-refractivity contribution in [3.8, 4) is 0 Å². The molecule has 0 aliphatic rings. The summed E-state index contributed by atoms with van der Waals surface area (Å²) in [7, 11) is 0. The van der Waals surface area contributed by atoms with Gasteiger partial charge in [-0.1, -0.05) is 42.3 Å². The maximum atomic E-state index is 6.08. The molecule has 18 heavy (non-hydrogen) atoms. The van der Waals surface area contributed by atoms with E-state index in [2.05, 4.69) is 47.7 Å². The van der Waals surface area contributed by atoms with Crippen molar-refractivity contribution in [2.45, 2.75) is 52.6 Å². The van der Waals surface area contributed by atoms with Crippen molar-refractivity contribution in [2.24, 2.45) is 0 Å². The van der Waals surface area contributed by atoms with Crippen LogP contribution in [0.1, 0.15) is 45.6 Å². The molecule has 102 valence electrons. The van der Waals surface area contributed by atoms with Gasteiger partial charge in [-0.2, -0.15) is 0 Å². The van der Waals surface area contributed by atoms with Crippen LogP contribution in [0.25, 0.3) is 0 Å². The Labute approximate surface area is 120 Å². The van der Waals surface area contributed by atoms with Crippen molar-refractivity contribution in [2.75, 3.05) is 12.3 Å². The van der Waals surface area contributed by atoms with Gasteiger partial charge in [0.15, 0.2) is 0 Å². The minimum Gasteiger partial charge on any atom is -0.398 e. The molecule has 2 N–H and O–H groups in total. The first-order valence-corrected chi connectivity index (χ1v) is 7.66. The molecule has 0 radical (unpaired) electrons. The van der Waals surface area contributed by atoms with Crippen LogP contribution < -0.4 is 5.73 Å². The molecular formula is C15H25BrN2. The second kappa shape index (κ2) is 7.80. The standard InChI is InChI=1S/C15H25BrN2/c1-4-6-10-18(12(3)5-2)11-13-14(16)8-7-9-15(13)17/h7-9,12H,4-6,10-11,17H2,1-3H3. The minimum atomic E-state index is 0.600. The highest BCUT2D eigenvalue weighted by Crippen LogP contribution is 2.25. The number of hydrogen-bond donors (Lipinski definition) is 1. The summed E-state index contributed by atoms with van der Waals surface area (Å²) in [5, 5.41) is 0. The molecule has 3 heteroatoms. The minimum absolute atomic E-state index is 0.600. The van der Waals surface area contributed by atoms with Gasteiger partial charge in [0.05, 0.1) is 0 Å². The van der Waals surface area contributed by atoms with Crippen molar-refractivity contribution in [1.82, 2.24) is 4.90 Å². The van der Waals surface area contributed by atoms with Crippen molar-refractivity contribution in [3.63, 3.8) is 0 Å². The van der Waals surface area contributed by atoms with Crippen LogP contribution in [0.4, 0.5) is 5.69 Å². The first-order valence-electron chi connectivity index (χ1n) is 6.87. The molecule has 0 aromatic heterocycles. The van der Waals surface area contributed by atoms with Crippen LogP contribution in [0.15, 0.2) is 22.7 Å². The third-order valence-corrected chi connectivity index (χ3v) is 4.27. The Hall–Kier alpha value is -0.540. The van der Waals surface area contributed by atoms with E-state index in [1.165, 1.54) is 24.8 Å². The van der Waals surface area contributed by atoms with Gasteiger partial charge in [-0.15, -0.1) is 0 Å². The second-order valence-electron chi connectivity index (χ2n) is 4.89. The van der Waals surface area contributed by atoms with Gasteiger partial charge in [-0.3, -0.25) is 4.90 Å². The Bertz CT molecular complexity index is 345. The van der Waals surface area contributed by atoms with Crippen LogP contribution in [-0.2, 0) is 6.54 Å². The third kappa shape index (κ3) is 4.29. The Morgan fingerprint density at radius 2 is 2.06 bits per heavy atom. The van der Waals surface area contributed by atoms with Gasteiger partial charge < -0.3 is 5.73 Å². The van der Waals surface area contributed by atoms with E-state index in [9.17, 15) is 0 Å². The summed E-state index contributed by atoms with van der Waals surface area (Å²) in [6.07, 6.45) is 3.65. The first-order chi connectivity index (χ1) is 8.60. The number of nitrogens with zero attached hydrogens (tertiary/aromatic N) is 1. The Morgan fingerprint density at radius 1 is 1.33 bits per heavy atom. The molecule has 0 bridgehead atoms. The number of halogens is 1. The summed E-state index contributed by atoms with van der Waals surface area (Å²) in [5.41, 5.74) is 8.18. The lowest BCUT2D eigenvalue weighted by Crippen LogP contribution is -2.33. The summed E-state index contributed by atoms with van der Waals surface area (Å²) < 4.78 is 1.12. The molecule has 0 aliphatic carbocycles. The zero-order valence-corrected chi connectivity index (χ0v) is 13.3. The molecule has 1 aromatic rings. The number of benzene rings is 1. The molecule has 0 spiro atoms. The van der Waals surface area contributed by atoms with Gasteiger partial charge in [0.25, 0.3) is 0 Å². The van der Waals surface area contributed by atoms with Crippen LogP contribution in [0.3, 0.4) is 0 Å². The number of unbranched alkanes of at least 4 members (excludes halogenated alkanes) is 1. The molecule has 0 amide bonds. The topological polar surface area (TPSA) is 29.3 Å². The van der Waals surface area contributed by atoms with E-state index in [0.717, 1.165) is 23.2 Å². The van der Waals surface area contributed by atoms with Crippen LogP contribution in [0.2, 0.25) is 0 Å².